The number of H-pyrrole nitrogens is 1. The minimum atomic E-state index is -0.611. The number of rotatable bonds is 6. The molecule has 6 aromatic rings. The Morgan fingerprint density at radius 3 is 2.45 bits per heavy atom. The zero-order chi connectivity index (χ0) is 27.6. The van der Waals surface area contributed by atoms with Crippen LogP contribution in [0.2, 0.25) is 10.0 Å². The van der Waals surface area contributed by atoms with Crippen molar-refractivity contribution in [3.63, 3.8) is 0 Å². The van der Waals surface area contributed by atoms with Gasteiger partial charge in [-0.05, 0) is 79.2 Å². The van der Waals surface area contributed by atoms with Gasteiger partial charge in [0.1, 0.15) is 6.61 Å². The van der Waals surface area contributed by atoms with E-state index in [2.05, 4.69) is 46.8 Å². The van der Waals surface area contributed by atoms with E-state index in [4.69, 9.17) is 32.9 Å². The Bertz CT molecular complexity index is 1850. The van der Waals surface area contributed by atoms with Gasteiger partial charge < -0.3 is 15.0 Å². The first-order valence-electron chi connectivity index (χ1n) is 12.6. The smallest absolute Gasteiger partial charge is 0.411 e. The number of benzene rings is 4. The second-order valence-corrected chi connectivity index (χ2v) is 10.4. The van der Waals surface area contributed by atoms with Crippen molar-refractivity contribution in [2.45, 2.75) is 13.5 Å². The van der Waals surface area contributed by atoms with Gasteiger partial charge in [-0.3, -0.25) is 5.32 Å². The second kappa shape index (κ2) is 10.9. The van der Waals surface area contributed by atoms with Crippen LogP contribution in [-0.4, -0.2) is 16.1 Å². The molecule has 0 fully saturated rings. The van der Waals surface area contributed by atoms with Crippen molar-refractivity contribution >= 4 is 68.2 Å². The van der Waals surface area contributed by atoms with Crippen LogP contribution in [-0.2, 0) is 11.3 Å². The number of para-hydroxylation sites is 1. The van der Waals surface area contributed by atoms with Crippen LogP contribution in [0.4, 0.5) is 21.9 Å². The lowest BCUT2D eigenvalue weighted by molar-refractivity contribution is 0.155. The lowest BCUT2D eigenvalue weighted by atomic mass is 10.0. The van der Waals surface area contributed by atoms with Gasteiger partial charge in [0.2, 0.25) is 0 Å². The monoisotopic (exact) mass is 566 g/mol. The molecule has 0 aliphatic carbocycles. The summed E-state index contributed by atoms with van der Waals surface area (Å²) in [6, 6.07) is 29.1. The van der Waals surface area contributed by atoms with Gasteiger partial charge in [-0.15, -0.1) is 0 Å². The van der Waals surface area contributed by atoms with E-state index in [0.29, 0.717) is 15.7 Å². The van der Waals surface area contributed by atoms with Crippen molar-refractivity contribution < 1.29 is 9.53 Å². The summed E-state index contributed by atoms with van der Waals surface area (Å²) in [6.07, 6.45) is 1.27. The molecule has 1 amide bonds. The van der Waals surface area contributed by atoms with E-state index in [0.717, 1.165) is 55.6 Å². The summed E-state index contributed by atoms with van der Waals surface area (Å²) in [7, 11) is 0. The molecule has 2 heterocycles. The van der Waals surface area contributed by atoms with E-state index in [-0.39, 0.29) is 6.61 Å². The molecule has 8 heteroatoms. The summed E-state index contributed by atoms with van der Waals surface area (Å²) in [6.45, 7) is 2.13. The highest BCUT2D eigenvalue weighted by Gasteiger charge is 2.13. The highest BCUT2D eigenvalue weighted by Crippen LogP contribution is 2.35. The molecule has 198 valence electrons. The van der Waals surface area contributed by atoms with Gasteiger partial charge >= 0.3 is 6.09 Å². The normalized spacial score (nSPS) is 11.1. The number of nitrogens with one attached hydrogen (secondary N) is 3. The average Bonchev–Trinajstić information content (AvgIpc) is 3.47. The van der Waals surface area contributed by atoms with Crippen LogP contribution in [0.3, 0.4) is 0 Å². The van der Waals surface area contributed by atoms with Gasteiger partial charge in [0.05, 0.1) is 16.7 Å². The van der Waals surface area contributed by atoms with E-state index in [9.17, 15) is 4.79 Å². The molecule has 0 spiro atoms. The van der Waals surface area contributed by atoms with Crippen molar-refractivity contribution in [2.24, 2.45) is 0 Å². The van der Waals surface area contributed by atoms with Crippen LogP contribution in [0.25, 0.3) is 33.1 Å². The molecule has 0 saturated heterocycles. The summed E-state index contributed by atoms with van der Waals surface area (Å²) in [5.41, 5.74) is 7.95. The van der Waals surface area contributed by atoms with Crippen LogP contribution < -0.4 is 10.6 Å². The predicted octanol–water partition coefficient (Wildman–Crippen LogP) is 9.49. The summed E-state index contributed by atoms with van der Waals surface area (Å²) in [4.78, 5) is 20.7. The van der Waals surface area contributed by atoms with E-state index >= 15 is 0 Å². The Balaban J connectivity index is 1.34. The van der Waals surface area contributed by atoms with Gasteiger partial charge in [-0.2, -0.15) is 0 Å². The molecule has 0 unspecified atom stereocenters. The third-order valence-corrected chi connectivity index (χ3v) is 6.92. The molecule has 0 aliphatic rings. The van der Waals surface area contributed by atoms with Gasteiger partial charge in [0, 0.05) is 49.6 Å². The number of halogens is 2. The van der Waals surface area contributed by atoms with Crippen LogP contribution in [0.5, 0.6) is 0 Å². The molecule has 2 aromatic heterocycles. The van der Waals surface area contributed by atoms with Crippen LogP contribution in [0, 0.1) is 6.92 Å². The molecule has 6 nitrogen and oxygen atoms in total. The minimum Gasteiger partial charge on any atom is -0.444 e. The van der Waals surface area contributed by atoms with E-state index < -0.39 is 6.09 Å². The van der Waals surface area contributed by atoms with E-state index in [1.165, 1.54) is 0 Å². The van der Waals surface area contributed by atoms with Crippen LogP contribution >= 0.6 is 23.2 Å². The number of aromatic amines is 1. The Kier molecular flexibility index (Phi) is 7.03. The van der Waals surface area contributed by atoms with Gasteiger partial charge in [0.15, 0.2) is 0 Å². The molecule has 40 heavy (non-hydrogen) atoms. The summed E-state index contributed by atoms with van der Waals surface area (Å²) >= 11 is 12.1. The number of carbonyl (C=O) groups excluding carboxylic acids is 1. The zero-order valence-corrected chi connectivity index (χ0v) is 23.0. The lowest BCUT2D eigenvalue weighted by Gasteiger charge is -2.16. The highest BCUT2D eigenvalue weighted by molar-refractivity contribution is 6.35. The van der Waals surface area contributed by atoms with Gasteiger partial charge in [-0.1, -0.05) is 53.0 Å². The number of carbonyl (C=O) groups is 1. The van der Waals surface area contributed by atoms with Crippen molar-refractivity contribution in [1.82, 2.24) is 9.97 Å². The Labute approximate surface area is 240 Å². The molecule has 3 N–H and O–H groups in total. The fraction of sp³-hybridized carbons (Fsp3) is 0.0625. The maximum atomic E-state index is 12.6. The number of hydrogen-bond acceptors (Lipinski definition) is 4. The van der Waals surface area contributed by atoms with Crippen LogP contribution in [0.15, 0.2) is 97.2 Å². The Hall–Kier alpha value is -4.52. The summed E-state index contributed by atoms with van der Waals surface area (Å²) < 4.78 is 5.56. The number of anilines is 3. The minimum absolute atomic E-state index is 0.0559. The predicted molar refractivity (Wildman–Crippen MR) is 164 cm³/mol. The zero-order valence-electron chi connectivity index (χ0n) is 21.5. The fourth-order valence-electron chi connectivity index (χ4n) is 4.73. The second-order valence-electron chi connectivity index (χ2n) is 9.51. The highest BCUT2D eigenvalue weighted by atomic mass is 35.5. The first-order chi connectivity index (χ1) is 19.4. The average molecular weight is 567 g/mol. The van der Waals surface area contributed by atoms with Crippen molar-refractivity contribution in [3.8, 4) is 11.3 Å². The SMILES string of the molecule is Cc1ccc2nc3ccccc3c(Nc3cc(COC(=O)Nc4cc(Cl)cc(Cl)c4)cc(-c4ccc[nH]4)c3)c2c1. The molecule has 0 saturated carbocycles. The molecule has 0 aliphatic heterocycles. The number of ether oxygens (including phenoxy) is 1. The standard InChI is InChI=1S/C32H24Cl2N4O2/c1-19-8-9-30-27(11-19)31(26-5-2-3-6-29(26)38-30)36-24-13-20(12-21(14-24)28-7-4-10-35-28)18-40-32(39)37-25-16-22(33)15-23(34)17-25/h2-17,35H,18H2,1H3,(H,36,38)(H,37,39). The maximum absolute atomic E-state index is 12.6. The van der Waals surface area contributed by atoms with E-state index in [1.54, 1.807) is 18.2 Å². The molecule has 6 rings (SSSR count). The topological polar surface area (TPSA) is 79.0 Å². The van der Waals surface area contributed by atoms with Crippen molar-refractivity contribution in [1.29, 1.82) is 0 Å². The van der Waals surface area contributed by atoms with E-state index in [1.807, 2.05) is 54.7 Å². The van der Waals surface area contributed by atoms with Crippen molar-refractivity contribution in [3.05, 3.63) is 118 Å². The third-order valence-electron chi connectivity index (χ3n) is 6.49. The maximum Gasteiger partial charge on any atom is 0.411 e. The van der Waals surface area contributed by atoms with Gasteiger partial charge in [0.25, 0.3) is 0 Å². The van der Waals surface area contributed by atoms with Gasteiger partial charge in [-0.25, -0.2) is 9.78 Å². The number of pyridine rings is 1. The number of aryl methyl sites for hydroxylation is 1. The summed E-state index contributed by atoms with van der Waals surface area (Å²) in [5.74, 6) is 0. The number of amides is 1. The van der Waals surface area contributed by atoms with Crippen molar-refractivity contribution in [2.75, 3.05) is 10.6 Å². The molecule has 0 bridgehead atoms. The summed E-state index contributed by atoms with van der Waals surface area (Å²) in [5, 5.41) is 9.22. The number of aromatic nitrogens is 2. The lowest BCUT2D eigenvalue weighted by Crippen LogP contribution is -2.13. The Morgan fingerprint density at radius 1 is 0.850 bits per heavy atom. The molecule has 0 radical (unpaired) electrons. The number of fused-ring (bicyclic) bond motifs is 2. The first kappa shape index (κ1) is 25.7. The van der Waals surface area contributed by atoms with Crippen LogP contribution in [0.1, 0.15) is 11.1 Å². The molecule has 4 aromatic carbocycles. The molecular formula is C32H24Cl2N4O2. The number of hydrogen-bond donors (Lipinski definition) is 3. The molecular weight excluding hydrogens is 543 g/mol. The fourth-order valence-corrected chi connectivity index (χ4v) is 5.25. The largest absolute Gasteiger partial charge is 0.444 e. The third kappa shape index (κ3) is 5.59. The number of nitrogens with zero attached hydrogens (tertiary/aromatic N) is 1. The quantitative estimate of drug-likeness (QED) is 0.175. The molecule has 0 atom stereocenters. The Morgan fingerprint density at radius 2 is 1.65 bits per heavy atom. The first-order valence-corrected chi connectivity index (χ1v) is 13.4.